The lowest BCUT2D eigenvalue weighted by Crippen LogP contribution is -2.27. The van der Waals surface area contributed by atoms with Crippen molar-refractivity contribution in [2.45, 2.75) is 13.3 Å². The summed E-state index contributed by atoms with van der Waals surface area (Å²) in [7, 11) is 0. The van der Waals surface area contributed by atoms with Gasteiger partial charge >= 0.3 is 0 Å². The van der Waals surface area contributed by atoms with E-state index >= 15 is 0 Å². The minimum atomic E-state index is 0.0864. The van der Waals surface area contributed by atoms with E-state index in [-0.39, 0.29) is 5.92 Å². The SMILES string of the molecule is CC(C=O)C1COc2ccccc2C1. The van der Waals surface area contributed by atoms with Gasteiger partial charge in [0.25, 0.3) is 0 Å². The minimum absolute atomic E-state index is 0.0864. The largest absolute Gasteiger partial charge is 0.493 e. The third-order valence-corrected chi connectivity index (χ3v) is 2.87. The number of ether oxygens (including phenoxy) is 1. The number of fused-ring (bicyclic) bond motifs is 1. The second-order valence-electron chi connectivity index (χ2n) is 3.88. The molecular weight excluding hydrogens is 176 g/mol. The summed E-state index contributed by atoms with van der Waals surface area (Å²) in [5.41, 5.74) is 1.22. The topological polar surface area (TPSA) is 26.3 Å². The van der Waals surface area contributed by atoms with Crippen LogP contribution in [0.25, 0.3) is 0 Å². The van der Waals surface area contributed by atoms with Crippen LogP contribution in [0.2, 0.25) is 0 Å². The average Bonchev–Trinajstić information content (AvgIpc) is 2.27. The molecule has 0 spiro atoms. The lowest BCUT2D eigenvalue weighted by molar-refractivity contribution is -0.112. The number of hydrogen-bond acceptors (Lipinski definition) is 2. The van der Waals surface area contributed by atoms with Gasteiger partial charge in [0.05, 0.1) is 6.61 Å². The lowest BCUT2D eigenvalue weighted by atomic mass is 9.88. The van der Waals surface area contributed by atoms with Gasteiger partial charge in [-0.2, -0.15) is 0 Å². The highest BCUT2D eigenvalue weighted by Gasteiger charge is 2.23. The number of carbonyl (C=O) groups is 1. The van der Waals surface area contributed by atoms with Gasteiger partial charge in [0.15, 0.2) is 0 Å². The van der Waals surface area contributed by atoms with E-state index in [9.17, 15) is 4.79 Å². The molecule has 0 amide bonds. The zero-order valence-corrected chi connectivity index (χ0v) is 8.27. The molecule has 14 heavy (non-hydrogen) atoms. The fraction of sp³-hybridized carbons (Fsp3) is 0.417. The Morgan fingerprint density at radius 3 is 3.07 bits per heavy atom. The Morgan fingerprint density at radius 1 is 1.50 bits per heavy atom. The molecule has 0 aliphatic carbocycles. The first-order valence-corrected chi connectivity index (χ1v) is 4.97. The number of para-hydroxylation sites is 1. The molecule has 0 fully saturated rings. The van der Waals surface area contributed by atoms with Gasteiger partial charge in [-0.1, -0.05) is 25.1 Å². The van der Waals surface area contributed by atoms with Crippen molar-refractivity contribution in [1.82, 2.24) is 0 Å². The first-order chi connectivity index (χ1) is 6.81. The van der Waals surface area contributed by atoms with Crippen molar-refractivity contribution < 1.29 is 9.53 Å². The molecule has 1 heterocycles. The van der Waals surface area contributed by atoms with E-state index in [1.165, 1.54) is 5.56 Å². The van der Waals surface area contributed by atoms with Crippen LogP contribution in [-0.2, 0) is 11.2 Å². The first-order valence-electron chi connectivity index (χ1n) is 4.97. The Labute approximate surface area is 83.9 Å². The van der Waals surface area contributed by atoms with E-state index in [0.29, 0.717) is 12.5 Å². The van der Waals surface area contributed by atoms with Crippen LogP contribution in [0.1, 0.15) is 12.5 Å². The maximum Gasteiger partial charge on any atom is 0.123 e. The fourth-order valence-corrected chi connectivity index (χ4v) is 1.80. The zero-order chi connectivity index (χ0) is 9.97. The molecule has 0 saturated heterocycles. The number of aldehydes is 1. The second kappa shape index (κ2) is 3.82. The molecule has 2 heteroatoms. The Kier molecular flexibility index (Phi) is 2.53. The monoisotopic (exact) mass is 190 g/mol. The van der Waals surface area contributed by atoms with Crippen molar-refractivity contribution in [2.24, 2.45) is 11.8 Å². The van der Waals surface area contributed by atoms with E-state index in [2.05, 4.69) is 6.07 Å². The molecule has 0 bridgehead atoms. The van der Waals surface area contributed by atoms with Gasteiger partial charge in [-0.3, -0.25) is 0 Å². The lowest BCUT2D eigenvalue weighted by Gasteiger charge is -2.27. The molecule has 0 radical (unpaired) electrons. The van der Waals surface area contributed by atoms with Crippen LogP contribution in [0, 0.1) is 11.8 Å². The highest BCUT2D eigenvalue weighted by atomic mass is 16.5. The summed E-state index contributed by atoms with van der Waals surface area (Å²) in [6.07, 6.45) is 1.97. The predicted octanol–water partition coefficient (Wildman–Crippen LogP) is 2.07. The summed E-state index contributed by atoms with van der Waals surface area (Å²) in [5.74, 6) is 1.40. The molecule has 1 aromatic rings. The van der Waals surface area contributed by atoms with Gasteiger partial charge in [0, 0.05) is 11.8 Å². The molecule has 2 atom stereocenters. The highest BCUT2D eigenvalue weighted by Crippen LogP contribution is 2.29. The van der Waals surface area contributed by atoms with E-state index in [1.54, 1.807) is 0 Å². The van der Waals surface area contributed by atoms with Crippen LogP contribution in [0.15, 0.2) is 24.3 Å². The molecule has 0 N–H and O–H groups in total. The summed E-state index contributed by atoms with van der Waals surface area (Å²) in [5, 5.41) is 0. The Balaban J connectivity index is 2.17. The maximum absolute atomic E-state index is 10.7. The van der Waals surface area contributed by atoms with Gasteiger partial charge in [-0.05, 0) is 18.1 Å². The Hall–Kier alpha value is -1.31. The molecule has 2 rings (SSSR count). The maximum atomic E-state index is 10.7. The van der Waals surface area contributed by atoms with Gasteiger partial charge in [-0.15, -0.1) is 0 Å². The molecule has 1 aliphatic rings. The van der Waals surface area contributed by atoms with Gasteiger partial charge in [-0.25, -0.2) is 0 Å². The van der Waals surface area contributed by atoms with Crippen LogP contribution in [-0.4, -0.2) is 12.9 Å². The van der Waals surface area contributed by atoms with Crippen LogP contribution in [0.4, 0.5) is 0 Å². The number of hydrogen-bond donors (Lipinski definition) is 0. The number of benzene rings is 1. The van der Waals surface area contributed by atoms with Crippen LogP contribution in [0.5, 0.6) is 5.75 Å². The smallest absolute Gasteiger partial charge is 0.123 e. The Bertz CT molecular complexity index is 333. The quantitative estimate of drug-likeness (QED) is 0.667. The van der Waals surface area contributed by atoms with Crippen LogP contribution >= 0.6 is 0 Å². The molecule has 2 unspecified atom stereocenters. The van der Waals surface area contributed by atoms with Crippen molar-refractivity contribution in [3.8, 4) is 5.75 Å². The number of carbonyl (C=O) groups excluding carboxylic acids is 1. The molecular formula is C12H14O2. The fourth-order valence-electron chi connectivity index (χ4n) is 1.80. The summed E-state index contributed by atoms with van der Waals surface area (Å²) in [4.78, 5) is 10.7. The minimum Gasteiger partial charge on any atom is -0.493 e. The van der Waals surface area contributed by atoms with Gasteiger partial charge in [0.2, 0.25) is 0 Å². The predicted molar refractivity (Wildman–Crippen MR) is 54.4 cm³/mol. The summed E-state index contributed by atoms with van der Waals surface area (Å²) >= 11 is 0. The van der Waals surface area contributed by atoms with E-state index in [4.69, 9.17) is 4.74 Å². The second-order valence-corrected chi connectivity index (χ2v) is 3.88. The van der Waals surface area contributed by atoms with Crippen LogP contribution in [0.3, 0.4) is 0 Å². The summed E-state index contributed by atoms with van der Waals surface area (Å²) < 4.78 is 5.60. The summed E-state index contributed by atoms with van der Waals surface area (Å²) in [6.45, 7) is 2.62. The molecule has 2 nitrogen and oxygen atoms in total. The van der Waals surface area contributed by atoms with Crippen LogP contribution < -0.4 is 4.74 Å². The molecule has 74 valence electrons. The molecule has 0 saturated carbocycles. The normalized spacial score (nSPS) is 21.9. The van der Waals surface area contributed by atoms with E-state index in [0.717, 1.165) is 18.5 Å². The standard InChI is InChI=1S/C12H14O2/c1-9(7-13)11-6-10-4-2-3-5-12(10)14-8-11/h2-5,7,9,11H,6,8H2,1H3. The number of rotatable bonds is 2. The third-order valence-electron chi connectivity index (χ3n) is 2.87. The van der Waals surface area contributed by atoms with Crippen molar-refractivity contribution >= 4 is 6.29 Å². The van der Waals surface area contributed by atoms with Crippen molar-refractivity contribution in [1.29, 1.82) is 0 Å². The highest BCUT2D eigenvalue weighted by molar-refractivity contribution is 5.54. The van der Waals surface area contributed by atoms with E-state index < -0.39 is 0 Å². The molecule has 1 aromatic carbocycles. The molecule has 0 aromatic heterocycles. The van der Waals surface area contributed by atoms with Crippen molar-refractivity contribution in [3.63, 3.8) is 0 Å². The third kappa shape index (κ3) is 1.65. The summed E-state index contributed by atoms with van der Waals surface area (Å²) in [6, 6.07) is 8.04. The first kappa shape index (κ1) is 9.25. The van der Waals surface area contributed by atoms with E-state index in [1.807, 2.05) is 25.1 Å². The van der Waals surface area contributed by atoms with Gasteiger partial charge in [0.1, 0.15) is 12.0 Å². The van der Waals surface area contributed by atoms with Crippen molar-refractivity contribution in [2.75, 3.05) is 6.61 Å². The van der Waals surface area contributed by atoms with Gasteiger partial charge < -0.3 is 9.53 Å². The molecule has 1 aliphatic heterocycles. The average molecular weight is 190 g/mol. The van der Waals surface area contributed by atoms with Crippen molar-refractivity contribution in [3.05, 3.63) is 29.8 Å². The Morgan fingerprint density at radius 2 is 2.29 bits per heavy atom. The zero-order valence-electron chi connectivity index (χ0n) is 8.27.